The van der Waals surface area contributed by atoms with Gasteiger partial charge in [0.05, 0.1) is 18.9 Å². The van der Waals surface area contributed by atoms with Gasteiger partial charge in [-0.3, -0.25) is 14.8 Å². The molecular weight excluding hydrogens is 344 g/mol. The van der Waals surface area contributed by atoms with Gasteiger partial charge in [-0.25, -0.2) is 0 Å². The zero-order valence-electron chi connectivity index (χ0n) is 15.7. The van der Waals surface area contributed by atoms with Crippen LogP contribution in [-0.4, -0.2) is 78.4 Å². The van der Waals surface area contributed by atoms with Crippen LogP contribution in [0.1, 0.15) is 23.3 Å². The van der Waals surface area contributed by atoms with Gasteiger partial charge in [0, 0.05) is 44.9 Å². The molecule has 2 aliphatic heterocycles. The van der Waals surface area contributed by atoms with Crippen molar-refractivity contribution in [3.8, 4) is 17.0 Å². The molecule has 1 N–H and O–H groups in total. The Morgan fingerprint density at radius 1 is 1.30 bits per heavy atom. The van der Waals surface area contributed by atoms with E-state index in [-0.39, 0.29) is 5.91 Å². The van der Waals surface area contributed by atoms with Crippen molar-refractivity contribution in [3.63, 3.8) is 0 Å². The second kappa shape index (κ2) is 8.10. The van der Waals surface area contributed by atoms with Crippen LogP contribution in [-0.2, 0) is 4.74 Å². The van der Waals surface area contributed by atoms with E-state index in [4.69, 9.17) is 9.47 Å². The van der Waals surface area contributed by atoms with Gasteiger partial charge in [0.2, 0.25) is 0 Å². The summed E-state index contributed by atoms with van der Waals surface area (Å²) in [4.78, 5) is 17.1. The van der Waals surface area contributed by atoms with Gasteiger partial charge in [0.15, 0.2) is 0 Å². The van der Waals surface area contributed by atoms with E-state index in [1.807, 2.05) is 35.2 Å². The maximum atomic E-state index is 12.8. The fourth-order valence-corrected chi connectivity index (χ4v) is 3.74. The minimum Gasteiger partial charge on any atom is -0.497 e. The van der Waals surface area contributed by atoms with Crippen LogP contribution in [0.25, 0.3) is 11.3 Å². The molecule has 2 saturated heterocycles. The number of rotatable bonds is 5. The number of nitrogens with one attached hydrogen (secondary N) is 1. The molecule has 7 heteroatoms. The Bertz CT molecular complexity index is 777. The van der Waals surface area contributed by atoms with Crippen LogP contribution in [0.5, 0.6) is 5.75 Å². The number of aromatic amines is 1. The predicted octanol–water partition coefficient (Wildman–Crippen LogP) is 2.02. The van der Waals surface area contributed by atoms with Crippen molar-refractivity contribution in [2.75, 3.05) is 46.4 Å². The van der Waals surface area contributed by atoms with E-state index < -0.39 is 0 Å². The normalized spacial score (nSPS) is 20.8. The van der Waals surface area contributed by atoms with Crippen molar-refractivity contribution in [2.24, 2.45) is 0 Å². The summed E-state index contributed by atoms with van der Waals surface area (Å²) >= 11 is 0. The van der Waals surface area contributed by atoms with Crippen LogP contribution in [0, 0.1) is 0 Å². The van der Waals surface area contributed by atoms with Gasteiger partial charge in [-0.2, -0.15) is 5.10 Å². The zero-order chi connectivity index (χ0) is 18.6. The highest BCUT2D eigenvalue weighted by Gasteiger charge is 2.26. The van der Waals surface area contributed by atoms with E-state index in [0.29, 0.717) is 11.8 Å². The molecule has 0 bridgehead atoms. The van der Waals surface area contributed by atoms with E-state index in [2.05, 4.69) is 15.1 Å². The molecule has 2 fully saturated rings. The molecule has 0 radical (unpaired) electrons. The SMILES string of the molecule is COc1cccc(-c2cc(C(=O)N3CCN(C[C@H]4CCCO4)CC3)[nH]n2)c1. The first-order chi connectivity index (χ1) is 13.2. The predicted molar refractivity (Wildman–Crippen MR) is 102 cm³/mol. The van der Waals surface area contributed by atoms with Crippen molar-refractivity contribution in [1.29, 1.82) is 0 Å². The Morgan fingerprint density at radius 2 is 2.15 bits per heavy atom. The van der Waals surface area contributed by atoms with Crippen molar-refractivity contribution in [2.45, 2.75) is 18.9 Å². The monoisotopic (exact) mass is 370 g/mol. The van der Waals surface area contributed by atoms with Crippen LogP contribution in [0.15, 0.2) is 30.3 Å². The smallest absolute Gasteiger partial charge is 0.271 e. The molecule has 0 unspecified atom stereocenters. The molecule has 1 aromatic carbocycles. The molecule has 0 saturated carbocycles. The third kappa shape index (κ3) is 4.14. The van der Waals surface area contributed by atoms with E-state index >= 15 is 0 Å². The third-order valence-electron chi connectivity index (χ3n) is 5.32. The Morgan fingerprint density at radius 3 is 2.89 bits per heavy atom. The molecule has 7 nitrogen and oxygen atoms in total. The van der Waals surface area contributed by atoms with Gasteiger partial charge in [-0.05, 0) is 31.0 Å². The molecule has 4 rings (SSSR count). The lowest BCUT2D eigenvalue weighted by Gasteiger charge is -2.35. The van der Waals surface area contributed by atoms with Crippen LogP contribution in [0.3, 0.4) is 0 Å². The first-order valence-electron chi connectivity index (χ1n) is 9.56. The summed E-state index contributed by atoms with van der Waals surface area (Å²) in [6.45, 7) is 5.12. The Balaban J connectivity index is 1.35. The number of piperazine rings is 1. The molecule has 2 aliphatic rings. The first kappa shape index (κ1) is 18.0. The Kier molecular flexibility index (Phi) is 5.40. The molecular formula is C20H26N4O3. The maximum Gasteiger partial charge on any atom is 0.271 e. The molecule has 1 amide bonds. The number of methoxy groups -OCH3 is 1. The second-order valence-corrected chi connectivity index (χ2v) is 7.13. The van der Waals surface area contributed by atoms with Gasteiger partial charge in [0.25, 0.3) is 5.91 Å². The molecule has 0 spiro atoms. The lowest BCUT2D eigenvalue weighted by atomic mass is 10.1. The Labute approximate surface area is 159 Å². The molecule has 2 aromatic rings. The Hall–Kier alpha value is -2.38. The summed E-state index contributed by atoms with van der Waals surface area (Å²) in [7, 11) is 1.64. The zero-order valence-corrected chi connectivity index (χ0v) is 15.7. The summed E-state index contributed by atoms with van der Waals surface area (Å²) < 4.78 is 11.0. The number of benzene rings is 1. The number of hydrogen-bond donors (Lipinski definition) is 1. The highest BCUT2D eigenvalue weighted by molar-refractivity contribution is 5.93. The quantitative estimate of drug-likeness (QED) is 0.872. The number of amides is 1. The van der Waals surface area contributed by atoms with Gasteiger partial charge >= 0.3 is 0 Å². The highest BCUT2D eigenvalue weighted by Crippen LogP contribution is 2.23. The molecule has 144 valence electrons. The number of H-pyrrole nitrogens is 1. The summed E-state index contributed by atoms with van der Waals surface area (Å²) in [6, 6.07) is 9.48. The highest BCUT2D eigenvalue weighted by atomic mass is 16.5. The van der Waals surface area contributed by atoms with Crippen molar-refractivity contribution in [1.82, 2.24) is 20.0 Å². The lowest BCUT2D eigenvalue weighted by Crippen LogP contribution is -2.50. The molecule has 27 heavy (non-hydrogen) atoms. The number of aromatic nitrogens is 2. The third-order valence-corrected chi connectivity index (χ3v) is 5.32. The van der Waals surface area contributed by atoms with E-state index in [9.17, 15) is 4.79 Å². The average molecular weight is 370 g/mol. The lowest BCUT2D eigenvalue weighted by molar-refractivity contribution is 0.0430. The maximum absolute atomic E-state index is 12.8. The van der Waals surface area contributed by atoms with Crippen molar-refractivity contribution >= 4 is 5.91 Å². The van der Waals surface area contributed by atoms with Crippen LogP contribution < -0.4 is 4.74 Å². The van der Waals surface area contributed by atoms with Crippen molar-refractivity contribution < 1.29 is 14.3 Å². The summed E-state index contributed by atoms with van der Waals surface area (Å²) in [5, 5.41) is 7.20. The van der Waals surface area contributed by atoms with Crippen LogP contribution in [0.2, 0.25) is 0 Å². The van der Waals surface area contributed by atoms with Crippen molar-refractivity contribution in [3.05, 3.63) is 36.0 Å². The standard InChI is InChI=1S/C20H26N4O3/c1-26-16-5-2-4-15(12-16)18-13-19(22-21-18)20(25)24-9-7-23(8-10-24)14-17-6-3-11-27-17/h2,4-5,12-13,17H,3,6-11,14H2,1H3,(H,21,22)/t17-/m1/s1. The van der Waals surface area contributed by atoms with Gasteiger partial charge < -0.3 is 14.4 Å². The van der Waals surface area contributed by atoms with E-state index in [0.717, 1.165) is 62.8 Å². The molecule has 1 aromatic heterocycles. The largest absolute Gasteiger partial charge is 0.497 e. The minimum atomic E-state index is 0.00779. The number of carbonyl (C=O) groups is 1. The van der Waals surface area contributed by atoms with Crippen LogP contribution >= 0.6 is 0 Å². The van der Waals surface area contributed by atoms with Gasteiger partial charge in [0.1, 0.15) is 11.4 Å². The summed E-state index contributed by atoms with van der Waals surface area (Å²) in [5.74, 6) is 0.777. The number of nitrogens with zero attached hydrogens (tertiary/aromatic N) is 3. The van der Waals surface area contributed by atoms with Gasteiger partial charge in [-0.1, -0.05) is 12.1 Å². The van der Waals surface area contributed by atoms with E-state index in [1.54, 1.807) is 7.11 Å². The molecule has 3 heterocycles. The average Bonchev–Trinajstić information content (AvgIpc) is 3.40. The summed E-state index contributed by atoms with van der Waals surface area (Å²) in [5.41, 5.74) is 2.20. The first-order valence-corrected chi connectivity index (χ1v) is 9.56. The van der Waals surface area contributed by atoms with Gasteiger partial charge in [-0.15, -0.1) is 0 Å². The van der Waals surface area contributed by atoms with Crippen LogP contribution in [0.4, 0.5) is 0 Å². The number of carbonyl (C=O) groups excluding carboxylic acids is 1. The van der Waals surface area contributed by atoms with E-state index in [1.165, 1.54) is 6.42 Å². The number of hydrogen-bond acceptors (Lipinski definition) is 5. The molecule has 1 atom stereocenters. The second-order valence-electron chi connectivity index (χ2n) is 7.13. The summed E-state index contributed by atoms with van der Waals surface area (Å²) in [6.07, 6.45) is 2.68. The fourth-order valence-electron chi connectivity index (χ4n) is 3.74. The topological polar surface area (TPSA) is 70.7 Å². The minimum absolute atomic E-state index is 0.00779. The number of ether oxygens (including phenoxy) is 2. The fraction of sp³-hybridized carbons (Fsp3) is 0.500. The molecule has 0 aliphatic carbocycles.